The number of hydrogen-bond acceptors (Lipinski definition) is 5. The highest BCUT2D eigenvalue weighted by atomic mass is 32.2. The number of nitrogens with one attached hydrogen (secondary N) is 1. The molecule has 1 aromatic rings. The van der Waals surface area contributed by atoms with Gasteiger partial charge in [-0.25, -0.2) is 4.31 Å². The fraction of sp³-hybridized carbons (Fsp3) is 0.462. The van der Waals surface area contributed by atoms with Gasteiger partial charge >= 0.3 is 0 Å². The van der Waals surface area contributed by atoms with Crippen molar-refractivity contribution in [2.75, 3.05) is 38.7 Å². The molecule has 1 heterocycles. The minimum atomic E-state index is 0.0986. The maximum atomic E-state index is 11.4. The number of carbonyl (C=O) groups excluding carboxylic acids is 1. The van der Waals surface area contributed by atoms with E-state index in [1.807, 2.05) is 25.2 Å². The van der Waals surface area contributed by atoms with Gasteiger partial charge in [-0.1, -0.05) is 0 Å². The van der Waals surface area contributed by atoms with Gasteiger partial charge in [-0.15, -0.1) is 0 Å². The summed E-state index contributed by atoms with van der Waals surface area (Å²) in [5.74, 6) is 0.0986. The Bertz CT molecular complexity index is 431. The predicted molar refractivity (Wildman–Crippen MR) is 74.2 cm³/mol. The summed E-state index contributed by atoms with van der Waals surface area (Å²) in [7, 11) is 1.89. The quantitative estimate of drug-likeness (QED) is 0.669. The molecule has 2 rings (SSSR count). The highest BCUT2D eigenvalue weighted by molar-refractivity contribution is 7.97. The van der Waals surface area contributed by atoms with Crippen LogP contribution in [-0.4, -0.2) is 43.4 Å². The Morgan fingerprint density at radius 2 is 2.11 bits per heavy atom. The Labute approximate surface area is 112 Å². The fourth-order valence-electron chi connectivity index (χ4n) is 1.80. The van der Waals surface area contributed by atoms with Crippen molar-refractivity contribution in [2.45, 2.75) is 11.8 Å². The number of ketones is 1. The average Bonchev–Trinajstić information content (AvgIpc) is 2.39. The molecule has 98 valence electrons. The molecule has 0 bridgehead atoms. The maximum absolute atomic E-state index is 11.4. The van der Waals surface area contributed by atoms with Crippen LogP contribution in [0.1, 0.15) is 17.3 Å². The van der Waals surface area contributed by atoms with Crippen molar-refractivity contribution in [2.24, 2.45) is 0 Å². The van der Waals surface area contributed by atoms with Crippen LogP contribution in [0.3, 0.4) is 0 Å². The number of ether oxygens (including phenoxy) is 1. The second-order valence-corrected chi connectivity index (χ2v) is 5.29. The first-order valence-electron chi connectivity index (χ1n) is 6.04. The number of benzene rings is 1. The molecule has 1 N–H and O–H groups in total. The number of anilines is 1. The summed E-state index contributed by atoms with van der Waals surface area (Å²) < 4.78 is 7.60. The molecule has 0 amide bonds. The van der Waals surface area contributed by atoms with Gasteiger partial charge in [0, 0.05) is 36.3 Å². The third-order valence-corrected chi connectivity index (χ3v) is 4.01. The first-order chi connectivity index (χ1) is 8.70. The van der Waals surface area contributed by atoms with Crippen LogP contribution in [-0.2, 0) is 4.74 Å². The van der Waals surface area contributed by atoms with Crippen molar-refractivity contribution in [3.63, 3.8) is 0 Å². The van der Waals surface area contributed by atoms with Gasteiger partial charge in [-0.05, 0) is 37.1 Å². The first kappa shape index (κ1) is 13.4. The van der Waals surface area contributed by atoms with Gasteiger partial charge in [0.1, 0.15) is 0 Å². The van der Waals surface area contributed by atoms with Crippen LogP contribution in [0.15, 0.2) is 23.1 Å². The number of hydrogen-bond donors (Lipinski definition) is 1. The zero-order valence-electron chi connectivity index (χ0n) is 10.7. The monoisotopic (exact) mass is 266 g/mol. The zero-order valence-corrected chi connectivity index (χ0v) is 11.5. The predicted octanol–water partition coefficient (Wildman–Crippen LogP) is 2.27. The van der Waals surface area contributed by atoms with Crippen molar-refractivity contribution in [3.05, 3.63) is 23.8 Å². The molecular weight excluding hydrogens is 248 g/mol. The Morgan fingerprint density at radius 1 is 1.39 bits per heavy atom. The van der Waals surface area contributed by atoms with Crippen LogP contribution in [0.25, 0.3) is 0 Å². The van der Waals surface area contributed by atoms with E-state index in [2.05, 4.69) is 9.62 Å². The number of Topliss-reactive ketones (excluding diaryl/α,β-unsaturated/α-hetero) is 1. The normalized spacial score (nSPS) is 16.6. The van der Waals surface area contributed by atoms with Crippen LogP contribution in [0.5, 0.6) is 0 Å². The Kier molecular flexibility index (Phi) is 4.63. The molecule has 18 heavy (non-hydrogen) atoms. The standard InChI is InChI=1S/C13H18N2O2S/c1-10(16)11-3-4-12(14-2)13(9-11)18-15-5-7-17-8-6-15/h3-4,9,14H,5-8H2,1-2H3. The number of rotatable bonds is 4. The fourth-order valence-corrected chi connectivity index (χ4v) is 2.86. The molecule has 1 aromatic carbocycles. The van der Waals surface area contributed by atoms with Gasteiger partial charge in [-0.2, -0.15) is 0 Å². The van der Waals surface area contributed by atoms with Crippen LogP contribution in [0.4, 0.5) is 5.69 Å². The van der Waals surface area contributed by atoms with E-state index >= 15 is 0 Å². The van der Waals surface area contributed by atoms with Gasteiger partial charge < -0.3 is 10.1 Å². The van der Waals surface area contributed by atoms with Gasteiger partial charge in [0.05, 0.1) is 13.2 Å². The average molecular weight is 266 g/mol. The lowest BCUT2D eigenvalue weighted by atomic mass is 10.1. The molecule has 0 saturated carbocycles. The lowest BCUT2D eigenvalue weighted by molar-refractivity contribution is 0.0773. The van der Waals surface area contributed by atoms with E-state index < -0.39 is 0 Å². The summed E-state index contributed by atoms with van der Waals surface area (Å²) >= 11 is 1.69. The van der Waals surface area contributed by atoms with Crippen molar-refractivity contribution in [1.29, 1.82) is 0 Å². The summed E-state index contributed by atoms with van der Waals surface area (Å²) in [6, 6.07) is 5.77. The maximum Gasteiger partial charge on any atom is 0.159 e. The largest absolute Gasteiger partial charge is 0.387 e. The Morgan fingerprint density at radius 3 is 2.72 bits per heavy atom. The molecule has 0 aromatic heterocycles. The summed E-state index contributed by atoms with van der Waals surface area (Å²) in [5.41, 5.74) is 1.81. The SMILES string of the molecule is CNc1ccc(C(C)=O)cc1SN1CCOCC1. The van der Waals surface area contributed by atoms with Crippen LogP contribution >= 0.6 is 11.9 Å². The minimum Gasteiger partial charge on any atom is -0.387 e. The molecule has 1 fully saturated rings. The third-order valence-electron chi connectivity index (χ3n) is 2.85. The van der Waals surface area contributed by atoms with Crippen molar-refractivity contribution >= 4 is 23.4 Å². The zero-order chi connectivity index (χ0) is 13.0. The molecule has 0 radical (unpaired) electrons. The van der Waals surface area contributed by atoms with Gasteiger partial charge in [0.2, 0.25) is 0 Å². The highest BCUT2D eigenvalue weighted by Gasteiger charge is 2.14. The lowest BCUT2D eigenvalue weighted by Crippen LogP contribution is -2.31. The van der Waals surface area contributed by atoms with E-state index in [4.69, 9.17) is 4.74 Å². The second kappa shape index (κ2) is 6.22. The van der Waals surface area contributed by atoms with Crippen molar-refractivity contribution in [1.82, 2.24) is 4.31 Å². The van der Waals surface area contributed by atoms with Gasteiger partial charge in [0.15, 0.2) is 5.78 Å². The van der Waals surface area contributed by atoms with E-state index in [-0.39, 0.29) is 5.78 Å². The highest BCUT2D eigenvalue weighted by Crippen LogP contribution is 2.31. The summed E-state index contributed by atoms with van der Waals surface area (Å²) in [5, 5.41) is 3.16. The van der Waals surface area contributed by atoms with E-state index in [0.29, 0.717) is 0 Å². The van der Waals surface area contributed by atoms with E-state index in [9.17, 15) is 4.79 Å². The number of morpholine rings is 1. The molecule has 1 aliphatic rings. The van der Waals surface area contributed by atoms with Gasteiger partial charge in [-0.3, -0.25) is 4.79 Å². The Hall–Kier alpha value is -1.04. The number of carbonyl (C=O) groups is 1. The van der Waals surface area contributed by atoms with E-state index in [1.54, 1.807) is 18.9 Å². The molecule has 0 aliphatic carbocycles. The molecule has 0 unspecified atom stereocenters. The first-order valence-corrected chi connectivity index (χ1v) is 6.81. The lowest BCUT2D eigenvalue weighted by Gasteiger charge is -2.26. The van der Waals surface area contributed by atoms with Crippen molar-refractivity contribution in [3.8, 4) is 0 Å². The van der Waals surface area contributed by atoms with Crippen LogP contribution in [0, 0.1) is 0 Å². The molecule has 1 aliphatic heterocycles. The minimum absolute atomic E-state index is 0.0986. The smallest absolute Gasteiger partial charge is 0.159 e. The summed E-state index contributed by atoms with van der Waals surface area (Å²) in [6.45, 7) is 4.97. The van der Waals surface area contributed by atoms with Crippen LogP contribution < -0.4 is 5.32 Å². The molecule has 1 saturated heterocycles. The summed E-state index contributed by atoms with van der Waals surface area (Å²) in [4.78, 5) is 12.5. The topological polar surface area (TPSA) is 41.6 Å². The second-order valence-electron chi connectivity index (χ2n) is 4.15. The number of nitrogens with zero attached hydrogens (tertiary/aromatic N) is 1. The summed E-state index contributed by atoms with van der Waals surface area (Å²) in [6.07, 6.45) is 0. The molecule has 0 atom stereocenters. The van der Waals surface area contributed by atoms with E-state index in [1.165, 1.54) is 0 Å². The molecule has 5 heteroatoms. The van der Waals surface area contributed by atoms with E-state index in [0.717, 1.165) is 42.4 Å². The molecular formula is C13H18N2O2S. The molecule has 0 spiro atoms. The van der Waals surface area contributed by atoms with Gasteiger partial charge in [0.25, 0.3) is 0 Å². The Balaban J connectivity index is 2.17. The van der Waals surface area contributed by atoms with Crippen molar-refractivity contribution < 1.29 is 9.53 Å². The molecule has 4 nitrogen and oxygen atoms in total. The third kappa shape index (κ3) is 3.25. The van der Waals surface area contributed by atoms with Crippen LogP contribution in [0.2, 0.25) is 0 Å².